The highest BCUT2D eigenvalue weighted by Crippen LogP contribution is 2.24. The highest BCUT2D eigenvalue weighted by molar-refractivity contribution is 6.31. The van der Waals surface area contributed by atoms with Crippen LogP contribution in [0.25, 0.3) is 0 Å². The SMILES string of the molecule is C=CCOc1cc(F)c(C)c(Cl)c1. The molecule has 0 fully saturated rings. The lowest BCUT2D eigenvalue weighted by molar-refractivity contribution is 0.360. The average molecular weight is 201 g/mol. The van der Waals surface area contributed by atoms with Crippen molar-refractivity contribution in [3.8, 4) is 5.75 Å². The summed E-state index contributed by atoms with van der Waals surface area (Å²) in [5, 5.41) is 0.374. The van der Waals surface area contributed by atoms with E-state index in [9.17, 15) is 4.39 Å². The van der Waals surface area contributed by atoms with Gasteiger partial charge >= 0.3 is 0 Å². The molecule has 0 spiro atoms. The Balaban J connectivity index is 2.92. The van der Waals surface area contributed by atoms with Crippen LogP contribution in [0.5, 0.6) is 5.75 Å². The minimum absolute atomic E-state index is 0.346. The van der Waals surface area contributed by atoms with E-state index in [1.54, 1.807) is 19.1 Å². The second-order valence-corrected chi connectivity index (χ2v) is 3.02. The first-order chi connectivity index (χ1) is 6.15. The van der Waals surface area contributed by atoms with E-state index in [0.29, 0.717) is 22.9 Å². The number of hydrogen-bond donors (Lipinski definition) is 0. The molecule has 0 aliphatic rings. The smallest absolute Gasteiger partial charge is 0.131 e. The zero-order valence-electron chi connectivity index (χ0n) is 7.31. The highest BCUT2D eigenvalue weighted by atomic mass is 35.5. The van der Waals surface area contributed by atoms with Gasteiger partial charge in [-0.25, -0.2) is 4.39 Å². The minimum atomic E-state index is -0.355. The van der Waals surface area contributed by atoms with Gasteiger partial charge in [0.25, 0.3) is 0 Å². The fraction of sp³-hybridized carbons (Fsp3) is 0.200. The molecule has 0 saturated heterocycles. The minimum Gasteiger partial charge on any atom is -0.489 e. The maximum atomic E-state index is 13.1. The van der Waals surface area contributed by atoms with Gasteiger partial charge in [-0.2, -0.15) is 0 Å². The van der Waals surface area contributed by atoms with Gasteiger partial charge in [-0.1, -0.05) is 24.3 Å². The molecule has 3 heteroatoms. The van der Waals surface area contributed by atoms with Crippen LogP contribution in [0.15, 0.2) is 24.8 Å². The van der Waals surface area contributed by atoms with Crippen LogP contribution in [0, 0.1) is 12.7 Å². The molecule has 0 radical (unpaired) electrons. The molecule has 0 N–H and O–H groups in total. The van der Waals surface area contributed by atoms with E-state index in [0.717, 1.165) is 0 Å². The Morgan fingerprint density at radius 3 is 2.85 bits per heavy atom. The lowest BCUT2D eigenvalue weighted by Gasteiger charge is -2.05. The average Bonchev–Trinajstić information content (AvgIpc) is 2.10. The van der Waals surface area contributed by atoms with Crippen molar-refractivity contribution in [3.05, 3.63) is 41.2 Å². The Morgan fingerprint density at radius 2 is 2.31 bits per heavy atom. The first kappa shape index (κ1) is 10.1. The van der Waals surface area contributed by atoms with Gasteiger partial charge in [-0.3, -0.25) is 0 Å². The van der Waals surface area contributed by atoms with Gasteiger partial charge in [0.05, 0.1) is 5.02 Å². The summed E-state index contributed by atoms with van der Waals surface area (Å²) in [5.41, 5.74) is 0.438. The first-order valence-electron chi connectivity index (χ1n) is 3.84. The zero-order valence-corrected chi connectivity index (χ0v) is 8.07. The Hall–Kier alpha value is -1.02. The van der Waals surface area contributed by atoms with Crippen LogP contribution in [-0.2, 0) is 0 Å². The zero-order chi connectivity index (χ0) is 9.84. The van der Waals surface area contributed by atoms with E-state index in [2.05, 4.69) is 6.58 Å². The van der Waals surface area contributed by atoms with Gasteiger partial charge in [-0.15, -0.1) is 0 Å². The van der Waals surface area contributed by atoms with E-state index in [4.69, 9.17) is 16.3 Å². The van der Waals surface area contributed by atoms with Crippen LogP contribution in [0.4, 0.5) is 4.39 Å². The molecule has 1 rings (SSSR count). The molecule has 0 aliphatic heterocycles. The molecule has 0 saturated carbocycles. The molecule has 0 heterocycles. The quantitative estimate of drug-likeness (QED) is 0.680. The number of halogens is 2. The number of hydrogen-bond acceptors (Lipinski definition) is 1. The van der Waals surface area contributed by atoms with Gasteiger partial charge in [0, 0.05) is 11.6 Å². The van der Waals surface area contributed by atoms with Crippen molar-refractivity contribution in [2.24, 2.45) is 0 Å². The normalized spacial score (nSPS) is 9.77. The van der Waals surface area contributed by atoms with Crippen LogP contribution in [0.1, 0.15) is 5.56 Å². The standard InChI is InChI=1S/C10H10ClFO/c1-3-4-13-8-5-9(11)7(2)10(12)6-8/h3,5-6H,1,4H2,2H3. The molecule has 0 amide bonds. The molecule has 1 aromatic carbocycles. The molecule has 0 atom stereocenters. The molecule has 70 valence electrons. The Bertz CT molecular complexity index is 300. The van der Waals surface area contributed by atoms with Gasteiger partial charge < -0.3 is 4.74 Å². The van der Waals surface area contributed by atoms with Gasteiger partial charge in [0.1, 0.15) is 18.2 Å². The predicted octanol–water partition coefficient (Wildman–Crippen LogP) is 3.35. The predicted molar refractivity (Wildman–Crippen MR) is 51.8 cm³/mol. The Kier molecular flexibility index (Phi) is 3.32. The number of ether oxygens (including phenoxy) is 1. The summed E-state index contributed by atoms with van der Waals surface area (Å²) in [7, 11) is 0. The monoisotopic (exact) mass is 200 g/mol. The molecule has 13 heavy (non-hydrogen) atoms. The van der Waals surface area contributed by atoms with Crippen LogP contribution in [-0.4, -0.2) is 6.61 Å². The summed E-state index contributed by atoms with van der Waals surface area (Å²) < 4.78 is 18.2. The van der Waals surface area contributed by atoms with Crippen molar-refractivity contribution in [2.75, 3.05) is 6.61 Å². The fourth-order valence-corrected chi connectivity index (χ4v) is 1.06. The van der Waals surface area contributed by atoms with E-state index < -0.39 is 0 Å². The molecule has 1 nitrogen and oxygen atoms in total. The highest BCUT2D eigenvalue weighted by Gasteiger charge is 2.05. The third-order valence-electron chi connectivity index (χ3n) is 1.62. The van der Waals surface area contributed by atoms with Crippen molar-refractivity contribution in [1.82, 2.24) is 0 Å². The summed E-state index contributed by atoms with van der Waals surface area (Å²) in [6, 6.07) is 2.90. The van der Waals surface area contributed by atoms with E-state index >= 15 is 0 Å². The Labute approximate surface area is 81.8 Å². The second-order valence-electron chi connectivity index (χ2n) is 2.61. The molecular formula is C10H10ClFO. The molecular weight excluding hydrogens is 191 g/mol. The maximum absolute atomic E-state index is 13.1. The summed E-state index contributed by atoms with van der Waals surface area (Å²) >= 11 is 5.75. The van der Waals surface area contributed by atoms with E-state index in [1.807, 2.05) is 0 Å². The van der Waals surface area contributed by atoms with Gasteiger partial charge in [0.15, 0.2) is 0 Å². The fourth-order valence-electron chi connectivity index (χ4n) is 0.861. The van der Waals surface area contributed by atoms with E-state index in [-0.39, 0.29) is 5.82 Å². The summed E-state index contributed by atoms with van der Waals surface area (Å²) in [6.45, 7) is 5.45. The molecule has 0 aromatic heterocycles. The Morgan fingerprint density at radius 1 is 1.62 bits per heavy atom. The number of rotatable bonds is 3. The van der Waals surface area contributed by atoms with Crippen molar-refractivity contribution in [3.63, 3.8) is 0 Å². The first-order valence-corrected chi connectivity index (χ1v) is 4.22. The van der Waals surface area contributed by atoms with Crippen molar-refractivity contribution >= 4 is 11.6 Å². The molecule has 0 unspecified atom stereocenters. The van der Waals surface area contributed by atoms with Gasteiger partial charge in [-0.05, 0) is 13.0 Å². The van der Waals surface area contributed by atoms with Crippen molar-refractivity contribution < 1.29 is 9.13 Å². The van der Waals surface area contributed by atoms with Crippen molar-refractivity contribution in [1.29, 1.82) is 0 Å². The second kappa shape index (κ2) is 4.28. The van der Waals surface area contributed by atoms with Crippen LogP contribution >= 0.6 is 11.6 Å². The van der Waals surface area contributed by atoms with E-state index in [1.165, 1.54) is 6.07 Å². The van der Waals surface area contributed by atoms with Gasteiger partial charge in [0.2, 0.25) is 0 Å². The summed E-state index contributed by atoms with van der Waals surface area (Å²) in [5.74, 6) is 0.0690. The van der Waals surface area contributed by atoms with Crippen LogP contribution < -0.4 is 4.74 Å². The topological polar surface area (TPSA) is 9.23 Å². The molecule has 0 aliphatic carbocycles. The summed E-state index contributed by atoms with van der Waals surface area (Å²) in [4.78, 5) is 0. The summed E-state index contributed by atoms with van der Waals surface area (Å²) in [6.07, 6.45) is 1.59. The molecule has 0 bridgehead atoms. The maximum Gasteiger partial charge on any atom is 0.131 e. The third-order valence-corrected chi connectivity index (χ3v) is 2.01. The third kappa shape index (κ3) is 2.46. The largest absolute Gasteiger partial charge is 0.489 e. The lowest BCUT2D eigenvalue weighted by Crippen LogP contribution is -1.94. The van der Waals surface area contributed by atoms with Crippen molar-refractivity contribution in [2.45, 2.75) is 6.92 Å². The molecule has 1 aromatic rings. The van der Waals surface area contributed by atoms with Crippen LogP contribution in [0.3, 0.4) is 0 Å². The van der Waals surface area contributed by atoms with Crippen LogP contribution in [0.2, 0.25) is 5.02 Å². The number of benzene rings is 1. The lowest BCUT2D eigenvalue weighted by atomic mass is 10.2.